The highest BCUT2D eigenvalue weighted by Crippen LogP contribution is 2.32. The lowest BCUT2D eigenvalue weighted by molar-refractivity contribution is 0.399. The fourth-order valence-corrected chi connectivity index (χ4v) is 2.38. The van der Waals surface area contributed by atoms with Gasteiger partial charge in [0.05, 0.1) is 29.5 Å². The van der Waals surface area contributed by atoms with Gasteiger partial charge in [-0.2, -0.15) is 0 Å². The van der Waals surface area contributed by atoms with E-state index in [0.29, 0.717) is 22.6 Å². The SMILES string of the molecule is COc1ccc2nc3cc(NCl)ccc3c(NCl)c2n1. The third-order valence-electron chi connectivity index (χ3n) is 3.01. The summed E-state index contributed by atoms with van der Waals surface area (Å²) in [5.41, 5.74) is 3.57. The fourth-order valence-electron chi connectivity index (χ4n) is 2.07. The lowest BCUT2D eigenvalue weighted by Gasteiger charge is -2.10. The maximum Gasteiger partial charge on any atom is 0.213 e. The normalized spacial score (nSPS) is 10.8. The summed E-state index contributed by atoms with van der Waals surface area (Å²) < 4.78 is 5.13. The first-order chi connectivity index (χ1) is 9.76. The van der Waals surface area contributed by atoms with Gasteiger partial charge in [0.15, 0.2) is 0 Å². The highest BCUT2D eigenvalue weighted by atomic mass is 35.5. The smallest absolute Gasteiger partial charge is 0.213 e. The zero-order valence-corrected chi connectivity index (χ0v) is 12.0. The molecule has 2 aromatic heterocycles. The van der Waals surface area contributed by atoms with Crippen molar-refractivity contribution in [1.29, 1.82) is 0 Å². The number of hydrogen-bond acceptors (Lipinski definition) is 5. The van der Waals surface area contributed by atoms with Crippen molar-refractivity contribution < 1.29 is 4.74 Å². The Balaban J connectivity index is 2.39. The molecule has 3 rings (SSSR count). The van der Waals surface area contributed by atoms with Crippen LogP contribution in [0.15, 0.2) is 30.3 Å². The largest absolute Gasteiger partial charge is 0.481 e. The van der Waals surface area contributed by atoms with Gasteiger partial charge in [-0.1, -0.05) is 0 Å². The summed E-state index contributed by atoms with van der Waals surface area (Å²) in [6, 6.07) is 9.13. The Morgan fingerprint density at radius 1 is 1.00 bits per heavy atom. The minimum Gasteiger partial charge on any atom is -0.481 e. The molecule has 0 saturated heterocycles. The van der Waals surface area contributed by atoms with E-state index in [9.17, 15) is 0 Å². The molecule has 1 aromatic carbocycles. The summed E-state index contributed by atoms with van der Waals surface area (Å²) >= 11 is 11.5. The van der Waals surface area contributed by atoms with Gasteiger partial charge in [-0.05, 0) is 24.3 Å². The highest BCUT2D eigenvalue weighted by molar-refractivity contribution is 6.28. The minimum atomic E-state index is 0.505. The van der Waals surface area contributed by atoms with Crippen LogP contribution in [0.25, 0.3) is 21.9 Å². The molecule has 0 radical (unpaired) electrons. The van der Waals surface area contributed by atoms with Gasteiger partial charge in [-0.3, -0.25) is 9.67 Å². The predicted molar refractivity (Wildman–Crippen MR) is 82.5 cm³/mol. The van der Waals surface area contributed by atoms with Crippen LogP contribution in [0.3, 0.4) is 0 Å². The highest BCUT2D eigenvalue weighted by Gasteiger charge is 2.11. The molecule has 0 amide bonds. The van der Waals surface area contributed by atoms with Gasteiger partial charge < -0.3 is 4.74 Å². The number of pyridine rings is 2. The van der Waals surface area contributed by atoms with E-state index in [1.165, 1.54) is 0 Å². The number of ether oxygens (including phenoxy) is 1. The number of halogens is 2. The van der Waals surface area contributed by atoms with E-state index in [2.05, 4.69) is 19.6 Å². The van der Waals surface area contributed by atoms with Gasteiger partial charge in [0.25, 0.3) is 0 Å². The minimum absolute atomic E-state index is 0.505. The molecule has 0 atom stereocenters. The van der Waals surface area contributed by atoms with Crippen molar-refractivity contribution in [3.8, 4) is 5.88 Å². The Morgan fingerprint density at radius 2 is 1.85 bits per heavy atom. The summed E-state index contributed by atoms with van der Waals surface area (Å²) in [5, 5.41) is 0.851. The number of anilines is 2. The Bertz CT molecular complexity index is 794. The van der Waals surface area contributed by atoms with E-state index < -0.39 is 0 Å². The van der Waals surface area contributed by atoms with Gasteiger partial charge >= 0.3 is 0 Å². The van der Waals surface area contributed by atoms with Gasteiger partial charge in [-0.25, -0.2) is 9.97 Å². The molecule has 2 N–H and O–H groups in total. The summed E-state index contributed by atoms with van der Waals surface area (Å²) in [7, 11) is 1.56. The maximum atomic E-state index is 5.85. The Hall–Kier alpha value is -1.98. The van der Waals surface area contributed by atoms with Crippen LogP contribution in [-0.2, 0) is 0 Å². The van der Waals surface area contributed by atoms with Gasteiger partial charge in [-0.15, -0.1) is 0 Å². The van der Waals surface area contributed by atoms with E-state index in [-0.39, 0.29) is 0 Å². The summed E-state index contributed by atoms with van der Waals surface area (Å²) in [6.07, 6.45) is 0. The molecule has 0 aliphatic rings. The number of hydrogen-bond donors (Lipinski definition) is 2. The summed E-state index contributed by atoms with van der Waals surface area (Å²) in [6.45, 7) is 0. The van der Waals surface area contributed by atoms with Crippen LogP contribution >= 0.6 is 23.6 Å². The van der Waals surface area contributed by atoms with Crippen molar-refractivity contribution in [3.05, 3.63) is 30.3 Å². The van der Waals surface area contributed by atoms with Gasteiger partial charge in [0.2, 0.25) is 5.88 Å². The zero-order valence-electron chi connectivity index (χ0n) is 10.4. The Morgan fingerprint density at radius 3 is 2.55 bits per heavy atom. The van der Waals surface area contributed by atoms with Crippen molar-refractivity contribution in [2.24, 2.45) is 0 Å². The molecule has 2 heterocycles. The molecule has 0 saturated carbocycles. The molecule has 3 aromatic rings. The van der Waals surface area contributed by atoms with Crippen LogP contribution in [-0.4, -0.2) is 17.1 Å². The fraction of sp³-hybridized carbons (Fsp3) is 0.0769. The lowest BCUT2D eigenvalue weighted by atomic mass is 10.1. The van der Waals surface area contributed by atoms with E-state index >= 15 is 0 Å². The monoisotopic (exact) mass is 308 g/mol. The molecule has 0 aliphatic carbocycles. The molecule has 20 heavy (non-hydrogen) atoms. The van der Waals surface area contributed by atoms with Gasteiger partial charge in [0, 0.05) is 35.0 Å². The van der Waals surface area contributed by atoms with Crippen molar-refractivity contribution in [1.82, 2.24) is 9.97 Å². The molecular formula is C13H10Cl2N4O. The first-order valence-electron chi connectivity index (χ1n) is 5.78. The third kappa shape index (κ3) is 2.05. The molecule has 5 nitrogen and oxygen atoms in total. The second-order valence-electron chi connectivity index (χ2n) is 4.13. The van der Waals surface area contributed by atoms with Crippen molar-refractivity contribution in [2.75, 3.05) is 16.8 Å². The summed E-state index contributed by atoms with van der Waals surface area (Å²) in [5.74, 6) is 0.505. The van der Waals surface area contributed by atoms with Crippen molar-refractivity contribution >= 4 is 56.9 Å². The standard InChI is InChI=1S/C13H10Cl2N4O/c1-20-11-5-4-9-13(17-11)12(19-15)8-3-2-7(18-14)6-10(8)16-9/h2-6,18H,1H3,(H,16,19). The van der Waals surface area contributed by atoms with Crippen LogP contribution < -0.4 is 14.4 Å². The lowest BCUT2D eigenvalue weighted by Crippen LogP contribution is -1.95. The van der Waals surface area contributed by atoms with Crippen LogP contribution in [0, 0.1) is 0 Å². The maximum absolute atomic E-state index is 5.85. The molecule has 0 unspecified atom stereocenters. The van der Waals surface area contributed by atoms with Crippen LogP contribution in [0.2, 0.25) is 0 Å². The molecular weight excluding hydrogens is 299 g/mol. The number of fused-ring (bicyclic) bond motifs is 2. The van der Waals surface area contributed by atoms with Crippen molar-refractivity contribution in [2.45, 2.75) is 0 Å². The molecule has 0 aliphatic heterocycles. The number of nitrogens with zero attached hydrogens (tertiary/aromatic N) is 2. The van der Waals surface area contributed by atoms with E-state index in [4.69, 9.17) is 28.3 Å². The Kier molecular flexibility index (Phi) is 3.38. The van der Waals surface area contributed by atoms with Gasteiger partial charge in [0.1, 0.15) is 5.52 Å². The first kappa shape index (κ1) is 13.0. The quantitative estimate of drug-likeness (QED) is 0.567. The zero-order chi connectivity index (χ0) is 14.1. The number of nitrogens with one attached hydrogen (secondary N) is 2. The predicted octanol–water partition coefficient (Wildman–Crippen LogP) is 3.92. The van der Waals surface area contributed by atoms with Crippen LogP contribution in [0.5, 0.6) is 5.88 Å². The number of rotatable bonds is 3. The second kappa shape index (κ2) is 5.19. The molecule has 0 bridgehead atoms. The molecule has 0 spiro atoms. The average Bonchev–Trinajstić information content (AvgIpc) is 2.51. The van der Waals surface area contributed by atoms with Crippen LogP contribution in [0.1, 0.15) is 0 Å². The first-order valence-corrected chi connectivity index (χ1v) is 6.54. The number of methoxy groups -OCH3 is 1. The van der Waals surface area contributed by atoms with Crippen molar-refractivity contribution in [3.63, 3.8) is 0 Å². The molecule has 7 heteroatoms. The molecule has 0 fully saturated rings. The van der Waals surface area contributed by atoms with E-state index in [1.807, 2.05) is 24.3 Å². The average molecular weight is 309 g/mol. The number of benzene rings is 1. The topological polar surface area (TPSA) is 59.1 Å². The van der Waals surface area contributed by atoms with E-state index in [1.54, 1.807) is 13.2 Å². The van der Waals surface area contributed by atoms with E-state index in [0.717, 1.165) is 16.6 Å². The summed E-state index contributed by atoms with van der Waals surface area (Å²) in [4.78, 5) is 14.2. The second-order valence-corrected chi connectivity index (χ2v) is 4.51. The third-order valence-corrected chi connectivity index (χ3v) is 3.41. The molecule has 102 valence electrons. The number of aromatic nitrogens is 2. The Labute approximate surface area is 125 Å². The van der Waals surface area contributed by atoms with Crippen LogP contribution in [0.4, 0.5) is 11.4 Å².